The van der Waals surface area contributed by atoms with Gasteiger partial charge in [-0.15, -0.1) is 0 Å². The maximum Gasteiger partial charge on any atom is 0.255 e. The minimum Gasteiger partial charge on any atom is -0.493 e. The van der Waals surface area contributed by atoms with Crippen molar-refractivity contribution in [1.29, 1.82) is 0 Å². The van der Waals surface area contributed by atoms with Gasteiger partial charge in [-0.1, -0.05) is 54.6 Å². The predicted molar refractivity (Wildman–Crippen MR) is 170 cm³/mol. The number of hydrogen-bond donors (Lipinski definition) is 6. The summed E-state index contributed by atoms with van der Waals surface area (Å²) in [6.07, 6.45) is 0.317. The summed E-state index contributed by atoms with van der Waals surface area (Å²) in [6.45, 7) is -0.315. The summed E-state index contributed by atoms with van der Waals surface area (Å²) in [5.41, 5.74) is 1.67. The number of ether oxygens (including phenoxy) is 1. The molecule has 0 unspecified atom stereocenters. The van der Waals surface area contributed by atoms with Gasteiger partial charge in [-0.3, -0.25) is 24.0 Å². The first-order valence-electron chi connectivity index (χ1n) is 15.3. The van der Waals surface area contributed by atoms with E-state index >= 15 is 0 Å². The van der Waals surface area contributed by atoms with Crippen LogP contribution in [-0.2, 0) is 32.0 Å². The molecule has 0 aromatic heterocycles. The smallest absolute Gasteiger partial charge is 0.255 e. The molecule has 3 aromatic carbocycles. The highest BCUT2D eigenvalue weighted by molar-refractivity contribution is 6.01. The van der Waals surface area contributed by atoms with Gasteiger partial charge in [0.15, 0.2) is 0 Å². The van der Waals surface area contributed by atoms with E-state index in [0.29, 0.717) is 12.8 Å². The van der Waals surface area contributed by atoms with Gasteiger partial charge in [0, 0.05) is 19.5 Å². The minimum absolute atomic E-state index is 0.123. The molecule has 0 aliphatic carbocycles. The monoisotopic (exact) mass is 647 g/mol. The lowest BCUT2D eigenvalue weighted by Gasteiger charge is -2.24. The van der Waals surface area contributed by atoms with Crippen molar-refractivity contribution in [2.75, 3.05) is 26.3 Å². The molecule has 4 rings (SSSR count). The number of amides is 5. The summed E-state index contributed by atoms with van der Waals surface area (Å²) in [6, 6.07) is 17.4. The van der Waals surface area contributed by atoms with Gasteiger partial charge in [0.25, 0.3) is 5.91 Å². The Labute approximate surface area is 271 Å². The average molecular weight is 648 g/mol. The Bertz CT molecular complexity index is 1540. The molecule has 5 amide bonds. The van der Waals surface area contributed by atoms with Crippen molar-refractivity contribution in [3.63, 3.8) is 0 Å². The van der Waals surface area contributed by atoms with Crippen LogP contribution < -0.4 is 31.3 Å². The fourth-order valence-electron chi connectivity index (χ4n) is 4.88. The van der Waals surface area contributed by atoms with Crippen LogP contribution in [0, 0.1) is 5.82 Å². The van der Waals surface area contributed by atoms with E-state index in [1.807, 2.05) is 6.07 Å². The summed E-state index contributed by atoms with van der Waals surface area (Å²) in [4.78, 5) is 66.1. The number of halogens is 1. The number of hydrogen-bond acceptors (Lipinski definition) is 7. The molecule has 0 saturated heterocycles. The van der Waals surface area contributed by atoms with E-state index in [2.05, 4.69) is 26.6 Å². The third-order valence-corrected chi connectivity index (χ3v) is 7.40. The fourth-order valence-corrected chi connectivity index (χ4v) is 4.88. The fraction of sp³-hybridized carbons (Fsp3) is 0.324. The first-order valence-corrected chi connectivity index (χ1v) is 15.3. The molecule has 0 radical (unpaired) electrons. The third-order valence-electron chi connectivity index (χ3n) is 7.40. The van der Waals surface area contributed by atoms with E-state index in [-0.39, 0.29) is 37.4 Å². The molecular formula is C34H38FN5O7. The van der Waals surface area contributed by atoms with E-state index in [0.717, 1.165) is 11.1 Å². The van der Waals surface area contributed by atoms with Crippen LogP contribution in [0.4, 0.5) is 4.39 Å². The molecule has 0 saturated carbocycles. The maximum atomic E-state index is 13.3. The van der Waals surface area contributed by atoms with Crippen molar-refractivity contribution < 1.29 is 38.2 Å². The molecule has 1 aliphatic rings. The topological polar surface area (TPSA) is 175 Å². The molecule has 1 aliphatic heterocycles. The molecule has 1 heterocycles. The molecule has 0 fully saturated rings. The van der Waals surface area contributed by atoms with E-state index in [1.165, 1.54) is 18.2 Å². The maximum absolute atomic E-state index is 13.3. The van der Waals surface area contributed by atoms with Crippen molar-refractivity contribution in [3.05, 3.63) is 101 Å². The summed E-state index contributed by atoms with van der Waals surface area (Å²) in [5.74, 6) is -3.59. The Hall–Kier alpha value is -5.30. The molecule has 13 heteroatoms. The predicted octanol–water partition coefficient (Wildman–Crippen LogP) is 0.776. The Balaban J connectivity index is 1.54. The second-order valence-corrected chi connectivity index (χ2v) is 10.9. The minimum atomic E-state index is -1.44. The molecule has 12 nitrogen and oxygen atoms in total. The molecule has 0 spiro atoms. The van der Waals surface area contributed by atoms with Crippen LogP contribution in [0.1, 0.15) is 34.3 Å². The van der Waals surface area contributed by atoms with Gasteiger partial charge < -0.3 is 36.4 Å². The van der Waals surface area contributed by atoms with Crippen LogP contribution in [0.15, 0.2) is 78.9 Å². The Morgan fingerprint density at radius 1 is 0.851 bits per heavy atom. The summed E-state index contributed by atoms with van der Waals surface area (Å²) in [7, 11) is 0. The number of carbonyl (C=O) groups is 5. The standard InChI is InChI=1S/C34H38FN5O7/c35-24-13-11-22(12-14-24)15-17-37-33(45)27-20-30(42)38-28(21-41)34(46)40-26(19-23-7-2-1-3-8-23)32(44)36-16-6-18-47-29-10-5-4-9-25(29)31(43)39-27/h1-5,7-14,26-28,41H,6,15-21H2,(H,36,44)(H,37,45)(H,38,42)(H,39,43)(H,40,46)/t26-,27-,28-/m0/s1. The number of aliphatic hydroxyl groups is 1. The summed E-state index contributed by atoms with van der Waals surface area (Å²) in [5, 5.41) is 23.0. The highest BCUT2D eigenvalue weighted by atomic mass is 19.1. The SMILES string of the molecule is O=C1C[C@@H](C(=O)NCCc2ccc(F)cc2)NC(=O)c2ccccc2OCCCNC(=O)[C@H](Cc2ccccc2)NC(=O)[C@H](CO)N1. The number of rotatable bonds is 7. The summed E-state index contributed by atoms with van der Waals surface area (Å²) < 4.78 is 19.1. The lowest BCUT2D eigenvalue weighted by molar-refractivity contribution is -0.133. The lowest BCUT2D eigenvalue weighted by Crippen LogP contribution is -2.56. The number of fused-ring (bicyclic) bond motifs is 1. The highest BCUT2D eigenvalue weighted by Gasteiger charge is 2.30. The van der Waals surface area contributed by atoms with Gasteiger partial charge in [-0.25, -0.2) is 4.39 Å². The number of nitrogens with one attached hydrogen (secondary N) is 5. The van der Waals surface area contributed by atoms with Crippen LogP contribution in [0.5, 0.6) is 5.75 Å². The van der Waals surface area contributed by atoms with Gasteiger partial charge in [0.05, 0.1) is 25.2 Å². The van der Waals surface area contributed by atoms with Gasteiger partial charge in [0.2, 0.25) is 23.6 Å². The van der Waals surface area contributed by atoms with Crippen molar-refractivity contribution in [3.8, 4) is 5.75 Å². The largest absolute Gasteiger partial charge is 0.493 e. The number of para-hydroxylation sites is 1. The zero-order valence-electron chi connectivity index (χ0n) is 25.7. The Morgan fingerprint density at radius 3 is 2.32 bits per heavy atom. The molecule has 47 heavy (non-hydrogen) atoms. The molecule has 0 bridgehead atoms. The highest BCUT2D eigenvalue weighted by Crippen LogP contribution is 2.18. The normalized spacial score (nSPS) is 19.7. The number of benzene rings is 3. The van der Waals surface area contributed by atoms with Gasteiger partial charge in [0.1, 0.15) is 29.7 Å². The molecular weight excluding hydrogens is 609 g/mol. The van der Waals surface area contributed by atoms with Gasteiger partial charge in [-0.2, -0.15) is 0 Å². The molecule has 248 valence electrons. The zero-order valence-corrected chi connectivity index (χ0v) is 25.7. The first kappa shape index (κ1) is 34.6. The van der Waals surface area contributed by atoms with Crippen LogP contribution in [0.25, 0.3) is 0 Å². The molecule has 3 atom stereocenters. The number of carbonyl (C=O) groups excluding carboxylic acids is 5. The first-order chi connectivity index (χ1) is 22.7. The quantitative estimate of drug-likeness (QED) is 0.220. The second-order valence-electron chi connectivity index (χ2n) is 10.9. The zero-order chi connectivity index (χ0) is 33.6. The van der Waals surface area contributed by atoms with Crippen LogP contribution in [-0.4, -0.2) is 79.1 Å². The summed E-state index contributed by atoms with van der Waals surface area (Å²) >= 11 is 0. The van der Waals surface area contributed by atoms with Crippen molar-refractivity contribution in [2.45, 2.75) is 43.8 Å². The van der Waals surface area contributed by atoms with Crippen molar-refractivity contribution in [1.82, 2.24) is 26.6 Å². The van der Waals surface area contributed by atoms with Crippen LogP contribution in [0.3, 0.4) is 0 Å². The van der Waals surface area contributed by atoms with Crippen LogP contribution in [0.2, 0.25) is 0 Å². The van der Waals surface area contributed by atoms with Gasteiger partial charge >= 0.3 is 0 Å². The second kappa shape index (κ2) is 17.4. The van der Waals surface area contributed by atoms with Crippen LogP contribution >= 0.6 is 0 Å². The van der Waals surface area contributed by atoms with Crippen molar-refractivity contribution >= 4 is 29.5 Å². The van der Waals surface area contributed by atoms with E-state index in [9.17, 15) is 33.5 Å². The average Bonchev–Trinajstić information content (AvgIpc) is 3.07. The molecule has 3 aromatic rings. The number of aliphatic hydroxyl groups excluding tert-OH is 1. The van der Waals surface area contributed by atoms with E-state index in [4.69, 9.17) is 4.74 Å². The molecule has 6 N–H and O–H groups in total. The third kappa shape index (κ3) is 10.6. The van der Waals surface area contributed by atoms with E-state index in [1.54, 1.807) is 54.6 Å². The van der Waals surface area contributed by atoms with Crippen molar-refractivity contribution in [2.24, 2.45) is 0 Å². The Kier molecular flexibility index (Phi) is 12.8. The van der Waals surface area contributed by atoms with Gasteiger partial charge in [-0.05, 0) is 48.2 Å². The lowest BCUT2D eigenvalue weighted by atomic mass is 10.0. The van der Waals surface area contributed by atoms with E-state index < -0.39 is 66.5 Å². The Morgan fingerprint density at radius 2 is 1.57 bits per heavy atom.